The van der Waals surface area contributed by atoms with E-state index in [9.17, 15) is 9.59 Å². The summed E-state index contributed by atoms with van der Waals surface area (Å²) in [5.74, 6) is 0.391. The van der Waals surface area contributed by atoms with E-state index in [1.165, 1.54) is 18.9 Å². The Kier molecular flexibility index (Phi) is 8.13. The summed E-state index contributed by atoms with van der Waals surface area (Å²) in [5.41, 5.74) is 3.43. The molecule has 0 saturated carbocycles. The van der Waals surface area contributed by atoms with Crippen LogP contribution in [-0.2, 0) is 26.5 Å². The Labute approximate surface area is 190 Å². The fourth-order valence-corrected chi connectivity index (χ4v) is 4.24. The Hall–Kier alpha value is -3.04. The first-order valence-corrected chi connectivity index (χ1v) is 11.0. The zero-order chi connectivity index (χ0) is 23.1. The van der Waals surface area contributed by atoms with Crippen molar-refractivity contribution in [1.29, 1.82) is 0 Å². The normalized spacial score (nSPS) is 10.9. The van der Waals surface area contributed by atoms with Crippen molar-refractivity contribution in [1.82, 2.24) is 9.55 Å². The smallest absolute Gasteiger partial charge is 0.338 e. The first kappa shape index (κ1) is 23.6. The molecule has 0 aliphatic carbocycles. The van der Waals surface area contributed by atoms with Crippen LogP contribution in [0.5, 0.6) is 5.75 Å². The van der Waals surface area contributed by atoms with E-state index in [2.05, 4.69) is 4.57 Å². The van der Waals surface area contributed by atoms with Gasteiger partial charge in [0.2, 0.25) is 0 Å². The number of esters is 2. The van der Waals surface area contributed by atoms with E-state index in [1.54, 1.807) is 45.4 Å². The van der Waals surface area contributed by atoms with E-state index >= 15 is 0 Å². The van der Waals surface area contributed by atoms with Crippen molar-refractivity contribution in [2.75, 3.05) is 34.5 Å². The molecule has 3 aromatic rings. The fraction of sp³-hybridized carbons (Fsp3) is 0.348. The van der Waals surface area contributed by atoms with Gasteiger partial charge < -0.3 is 23.5 Å². The number of hydrogen-bond acceptors (Lipinski definition) is 8. The number of rotatable bonds is 10. The number of hydrogen-bond donors (Lipinski definition) is 0. The van der Waals surface area contributed by atoms with Crippen LogP contribution in [0.25, 0.3) is 11.0 Å². The summed E-state index contributed by atoms with van der Waals surface area (Å²) in [6.07, 6.45) is 0. The number of aromatic nitrogens is 2. The van der Waals surface area contributed by atoms with Gasteiger partial charge in [0.05, 0.1) is 49.6 Å². The molecule has 32 heavy (non-hydrogen) atoms. The van der Waals surface area contributed by atoms with E-state index in [-0.39, 0.29) is 5.97 Å². The third-order valence-corrected chi connectivity index (χ3v) is 5.83. The molecule has 0 aliphatic heterocycles. The van der Waals surface area contributed by atoms with E-state index in [4.69, 9.17) is 23.9 Å². The minimum Gasteiger partial charge on any atom is -0.496 e. The van der Waals surface area contributed by atoms with Gasteiger partial charge in [-0.3, -0.25) is 0 Å². The first-order chi connectivity index (χ1) is 15.5. The second-order valence-electron chi connectivity index (χ2n) is 6.77. The van der Waals surface area contributed by atoms with Gasteiger partial charge in [-0.05, 0) is 37.3 Å². The molecule has 0 atom stereocenters. The van der Waals surface area contributed by atoms with Crippen LogP contribution in [0.3, 0.4) is 0 Å². The van der Waals surface area contributed by atoms with Crippen molar-refractivity contribution in [3.8, 4) is 5.75 Å². The molecule has 170 valence electrons. The molecule has 0 bridgehead atoms. The minimum atomic E-state index is -0.415. The summed E-state index contributed by atoms with van der Waals surface area (Å²) >= 11 is 1.53. The predicted molar refractivity (Wildman–Crippen MR) is 121 cm³/mol. The molecular formula is C23H26N2O6S. The Morgan fingerprint density at radius 3 is 2.47 bits per heavy atom. The number of ether oxygens (including phenoxy) is 4. The van der Waals surface area contributed by atoms with Gasteiger partial charge in [0.25, 0.3) is 0 Å². The molecule has 1 aromatic heterocycles. The average molecular weight is 459 g/mol. The third kappa shape index (κ3) is 5.23. The Morgan fingerprint density at radius 2 is 1.78 bits per heavy atom. The third-order valence-electron chi connectivity index (χ3n) is 4.81. The first-order valence-electron chi connectivity index (χ1n) is 10.1. The molecule has 8 nitrogen and oxygen atoms in total. The summed E-state index contributed by atoms with van der Waals surface area (Å²) in [6, 6.07) is 10.6. The van der Waals surface area contributed by atoms with Crippen LogP contribution in [0.15, 0.2) is 41.6 Å². The van der Waals surface area contributed by atoms with Gasteiger partial charge >= 0.3 is 11.9 Å². The average Bonchev–Trinajstić information content (AvgIpc) is 3.17. The maximum absolute atomic E-state index is 12.1. The van der Waals surface area contributed by atoms with Gasteiger partial charge in [0.1, 0.15) is 5.75 Å². The molecule has 0 N–H and O–H groups in total. The van der Waals surface area contributed by atoms with Crippen LogP contribution in [0.2, 0.25) is 0 Å². The Morgan fingerprint density at radius 1 is 1.03 bits per heavy atom. The standard InChI is InChI=1S/C23H26N2O6S/c1-5-31-22(27)15-8-9-19-18(12-15)24-23(25(19)10-11-28-2)32-14-17-7-6-16(21(26)30-4)13-20(17)29-3/h6-9,12-13H,5,10-11,14H2,1-4H3. The highest BCUT2D eigenvalue weighted by Gasteiger charge is 2.16. The lowest BCUT2D eigenvalue weighted by Gasteiger charge is -2.11. The SMILES string of the molecule is CCOC(=O)c1ccc2c(c1)nc(SCc1ccc(C(=O)OC)cc1OC)n2CCOC. The number of imidazole rings is 1. The molecule has 0 aliphatic rings. The van der Waals surface area contributed by atoms with Crippen LogP contribution in [0.1, 0.15) is 33.2 Å². The summed E-state index contributed by atoms with van der Waals surface area (Å²) in [6.45, 7) is 3.23. The van der Waals surface area contributed by atoms with Crippen LogP contribution < -0.4 is 4.74 Å². The number of thioether (sulfide) groups is 1. The lowest BCUT2D eigenvalue weighted by Crippen LogP contribution is -2.06. The number of nitrogens with zero attached hydrogens (tertiary/aromatic N) is 2. The topological polar surface area (TPSA) is 88.9 Å². The van der Waals surface area contributed by atoms with E-state index in [1.807, 2.05) is 12.1 Å². The zero-order valence-electron chi connectivity index (χ0n) is 18.5. The highest BCUT2D eigenvalue weighted by Crippen LogP contribution is 2.31. The molecule has 1 heterocycles. The van der Waals surface area contributed by atoms with Crippen molar-refractivity contribution >= 4 is 34.7 Å². The molecule has 9 heteroatoms. The fourth-order valence-electron chi connectivity index (χ4n) is 3.21. The molecule has 0 fully saturated rings. The number of carbonyl (C=O) groups excluding carboxylic acids is 2. The minimum absolute atomic E-state index is 0.316. The molecule has 0 amide bonds. The predicted octanol–water partition coefficient (Wildman–Crippen LogP) is 3.95. The van der Waals surface area contributed by atoms with Gasteiger partial charge in [0.15, 0.2) is 5.16 Å². The maximum Gasteiger partial charge on any atom is 0.338 e. The van der Waals surface area contributed by atoms with Gasteiger partial charge in [-0.25, -0.2) is 14.6 Å². The van der Waals surface area contributed by atoms with Gasteiger partial charge in [0, 0.05) is 25.0 Å². The molecule has 0 unspecified atom stereocenters. The zero-order valence-corrected chi connectivity index (χ0v) is 19.4. The van der Waals surface area contributed by atoms with Crippen LogP contribution in [0, 0.1) is 0 Å². The second-order valence-corrected chi connectivity index (χ2v) is 7.71. The van der Waals surface area contributed by atoms with E-state index in [0.717, 1.165) is 16.2 Å². The highest BCUT2D eigenvalue weighted by molar-refractivity contribution is 7.98. The molecular weight excluding hydrogens is 432 g/mol. The summed E-state index contributed by atoms with van der Waals surface area (Å²) in [7, 11) is 4.56. The summed E-state index contributed by atoms with van der Waals surface area (Å²) in [4.78, 5) is 28.6. The number of fused-ring (bicyclic) bond motifs is 1. The lowest BCUT2D eigenvalue weighted by atomic mass is 10.1. The van der Waals surface area contributed by atoms with E-state index < -0.39 is 5.97 Å². The summed E-state index contributed by atoms with van der Waals surface area (Å²) < 4.78 is 22.7. The Balaban J connectivity index is 1.90. The summed E-state index contributed by atoms with van der Waals surface area (Å²) in [5, 5.41) is 0.789. The Bertz CT molecular complexity index is 1110. The van der Waals surface area contributed by atoms with Crippen molar-refractivity contribution < 1.29 is 28.5 Å². The number of methoxy groups -OCH3 is 3. The molecule has 0 spiro atoms. The van der Waals surface area contributed by atoms with Crippen molar-refractivity contribution in [2.24, 2.45) is 0 Å². The van der Waals surface area contributed by atoms with Gasteiger partial charge in [-0.1, -0.05) is 17.8 Å². The molecule has 2 aromatic carbocycles. The van der Waals surface area contributed by atoms with Crippen LogP contribution >= 0.6 is 11.8 Å². The van der Waals surface area contributed by atoms with Crippen molar-refractivity contribution in [2.45, 2.75) is 24.4 Å². The molecule has 3 rings (SSSR count). The lowest BCUT2D eigenvalue weighted by molar-refractivity contribution is 0.0525. The number of benzene rings is 2. The quantitative estimate of drug-likeness (QED) is 0.333. The largest absolute Gasteiger partial charge is 0.496 e. The molecule has 0 saturated heterocycles. The van der Waals surface area contributed by atoms with E-state index in [0.29, 0.717) is 47.9 Å². The van der Waals surface area contributed by atoms with Crippen LogP contribution in [-0.4, -0.2) is 56.0 Å². The van der Waals surface area contributed by atoms with Gasteiger partial charge in [-0.2, -0.15) is 0 Å². The van der Waals surface area contributed by atoms with Crippen molar-refractivity contribution in [3.63, 3.8) is 0 Å². The van der Waals surface area contributed by atoms with Gasteiger partial charge in [-0.15, -0.1) is 0 Å². The second kappa shape index (κ2) is 11.0. The number of carbonyl (C=O) groups is 2. The monoisotopic (exact) mass is 458 g/mol. The van der Waals surface area contributed by atoms with Crippen molar-refractivity contribution in [3.05, 3.63) is 53.1 Å². The maximum atomic E-state index is 12.1. The molecule has 0 radical (unpaired) electrons. The van der Waals surface area contributed by atoms with Crippen LogP contribution in [0.4, 0.5) is 0 Å². The highest BCUT2D eigenvalue weighted by atomic mass is 32.2.